The normalized spacial score (nSPS) is 11.9. The minimum absolute atomic E-state index is 0.0475. The molecule has 0 aliphatic carbocycles. The molecule has 5 heteroatoms. The van der Waals surface area contributed by atoms with E-state index in [4.69, 9.17) is 5.11 Å². The fraction of sp³-hybridized carbons (Fsp3) is 0.500. The molecule has 1 atom stereocenters. The molecule has 1 amide bonds. The van der Waals surface area contributed by atoms with Crippen molar-refractivity contribution in [3.8, 4) is 0 Å². The fourth-order valence-corrected chi connectivity index (χ4v) is 2.70. The number of carboxylic acid groups (broad SMARTS) is 1. The van der Waals surface area contributed by atoms with Crippen LogP contribution in [0.25, 0.3) is 0 Å². The monoisotopic (exact) mass is 309 g/mol. The topological polar surface area (TPSA) is 66.4 Å². The zero-order valence-electron chi connectivity index (χ0n) is 12.6. The van der Waals surface area contributed by atoms with Gasteiger partial charge in [0.2, 0.25) is 5.91 Å². The second-order valence-electron chi connectivity index (χ2n) is 4.96. The molecule has 1 aromatic rings. The van der Waals surface area contributed by atoms with Crippen LogP contribution in [0.4, 0.5) is 0 Å². The number of hydrogen-bond acceptors (Lipinski definition) is 3. The molecule has 0 aliphatic heterocycles. The Morgan fingerprint density at radius 1 is 1.29 bits per heavy atom. The summed E-state index contributed by atoms with van der Waals surface area (Å²) in [6, 6.07) is 6.86. The molecular weight excluding hydrogens is 286 g/mol. The minimum atomic E-state index is -0.932. The average Bonchev–Trinajstić information content (AvgIpc) is 2.46. The number of carbonyl (C=O) groups is 2. The summed E-state index contributed by atoms with van der Waals surface area (Å²) in [5, 5.41) is 11.8. The van der Waals surface area contributed by atoms with E-state index in [9.17, 15) is 9.59 Å². The number of hydrogen-bond donors (Lipinski definition) is 2. The van der Waals surface area contributed by atoms with Gasteiger partial charge in [0.15, 0.2) is 0 Å². The molecule has 0 saturated heterocycles. The van der Waals surface area contributed by atoms with Crippen molar-refractivity contribution in [2.24, 2.45) is 0 Å². The van der Waals surface area contributed by atoms with Crippen molar-refractivity contribution in [2.75, 3.05) is 11.5 Å². The summed E-state index contributed by atoms with van der Waals surface area (Å²) >= 11 is 1.88. The number of thioether (sulfide) groups is 1. The van der Waals surface area contributed by atoms with E-state index >= 15 is 0 Å². The number of benzene rings is 1. The van der Waals surface area contributed by atoms with E-state index < -0.39 is 5.97 Å². The molecule has 1 aromatic carbocycles. The molecule has 0 radical (unpaired) electrons. The van der Waals surface area contributed by atoms with Crippen molar-refractivity contribution < 1.29 is 14.7 Å². The maximum atomic E-state index is 11.8. The van der Waals surface area contributed by atoms with Crippen molar-refractivity contribution in [3.05, 3.63) is 35.4 Å². The first-order valence-electron chi connectivity index (χ1n) is 7.22. The van der Waals surface area contributed by atoms with Gasteiger partial charge < -0.3 is 10.4 Å². The van der Waals surface area contributed by atoms with E-state index in [2.05, 4.69) is 12.2 Å². The van der Waals surface area contributed by atoms with Gasteiger partial charge in [0.1, 0.15) is 0 Å². The number of carboxylic acids is 1. The first kappa shape index (κ1) is 17.6. The maximum absolute atomic E-state index is 11.8. The van der Waals surface area contributed by atoms with Crippen LogP contribution in [0.2, 0.25) is 0 Å². The highest BCUT2D eigenvalue weighted by Gasteiger charge is 2.08. The van der Waals surface area contributed by atoms with Crippen LogP contribution < -0.4 is 5.32 Å². The van der Waals surface area contributed by atoms with E-state index in [-0.39, 0.29) is 17.5 Å². The van der Waals surface area contributed by atoms with E-state index in [1.165, 1.54) is 0 Å². The molecule has 2 N–H and O–H groups in total. The van der Waals surface area contributed by atoms with Gasteiger partial charge in [-0.15, -0.1) is 0 Å². The van der Waals surface area contributed by atoms with E-state index in [0.717, 1.165) is 23.5 Å². The highest BCUT2D eigenvalue weighted by Crippen LogP contribution is 2.08. The summed E-state index contributed by atoms with van der Waals surface area (Å²) in [4.78, 5) is 22.6. The number of amides is 1. The van der Waals surface area contributed by atoms with Crippen LogP contribution in [0.1, 0.15) is 42.6 Å². The maximum Gasteiger partial charge on any atom is 0.335 e. The molecule has 0 aliphatic rings. The predicted molar refractivity (Wildman–Crippen MR) is 86.9 cm³/mol. The lowest BCUT2D eigenvalue weighted by Crippen LogP contribution is -2.33. The second-order valence-corrected chi connectivity index (χ2v) is 6.35. The summed E-state index contributed by atoms with van der Waals surface area (Å²) in [6.07, 6.45) is 2.04. The van der Waals surface area contributed by atoms with Crippen LogP contribution in [0.3, 0.4) is 0 Å². The summed E-state index contributed by atoms with van der Waals surface area (Å²) in [7, 11) is 0. The lowest BCUT2D eigenvalue weighted by molar-refractivity contribution is -0.121. The third kappa shape index (κ3) is 7.18. The number of aryl methyl sites for hydroxylation is 1. The van der Waals surface area contributed by atoms with Gasteiger partial charge in [-0.2, -0.15) is 11.8 Å². The Labute approximate surface area is 130 Å². The smallest absolute Gasteiger partial charge is 0.335 e. The molecule has 1 unspecified atom stereocenters. The molecule has 1 rings (SSSR count). The molecule has 0 saturated carbocycles. The second kappa shape index (κ2) is 9.45. The summed E-state index contributed by atoms with van der Waals surface area (Å²) in [5.41, 5.74) is 1.24. The van der Waals surface area contributed by atoms with Crippen molar-refractivity contribution in [2.45, 2.75) is 39.2 Å². The Balaban J connectivity index is 2.30. The third-order valence-corrected chi connectivity index (χ3v) is 4.08. The van der Waals surface area contributed by atoms with Gasteiger partial charge in [-0.1, -0.05) is 19.1 Å². The van der Waals surface area contributed by atoms with E-state index in [0.29, 0.717) is 12.8 Å². The van der Waals surface area contributed by atoms with E-state index in [1.54, 1.807) is 24.3 Å². The summed E-state index contributed by atoms with van der Waals surface area (Å²) in [6.45, 7) is 4.15. The van der Waals surface area contributed by atoms with Crippen molar-refractivity contribution in [3.63, 3.8) is 0 Å². The van der Waals surface area contributed by atoms with Crippen LogP contribution in [-0.4, -0.2) is 34.5 Å². The van der Waals surface area contributed by atoms with Crippen molar-refractivity contribution >= 4 is 23.6 Å². The third-order valence-electron chi connectivity index (χ3n) is 3.15. The Kier molecular flexibility index (Phi) is 7.90. The van der Waals surface area contributed by atoms with Crippen LogP contribution in [-0.2, 0) is 11.2 Å². The van der Waals surface area contributed by atoms with Gasteiger partial charge in [-0.05, 0) is 49.0 Å². The van der Waals surface area contributed by atoms with Gasteiger partial charge in [-0.25, -0.2) is 4.79 Å². The number of rotatable bonds is 9. The highest BCUT2D eigenvalue weighted by molar-refractivity contribution is 7.99. The van der Waals surface area contributed by atoms with Gasteiger partial charge in [0, 0.05) is 12.5 Å². The van der Waals surface area contributed by atoms with E-state index in [1.807, 2.05) is 18.7 Å². The molecule has 21 heavy (non-hydrogen) atoms. The van der Waals surface area contributed by atoms with Crippen LogP contribution in [0.15, 0.2) is 24.3 Å². The largest absolute Gasteiger partial charge is 0.478 e. The lowest BCUT2D eigenvalue weighted by Gasteiger charge is -2.13. The SMILES string of the molecule is CCSCCC(C)NC(=O)CCc1ccc(C(=O)O)cc1. The Morgan fingerprint density at radius 2 is 1.95 bits per heavy atom. The first-order chi connectivity index (χ1) is 10.0. The zero-order chi connectivity index (χ0) is 15.7. The van der Waals surface area contributed by atoms with Crippen LogP contribution >= 0.6 is 11.8 Å². The molecule has 116 valence electrons. The zero-order valence-corrected chi connectivity index (χ0v) is 13.4. The lowest BCUT2D eigenvalue weighted by atomic mass is 10.1. The Morgan fingerprint density at radius 3 is 2.52 bits per heavy atom. The van der Waals surface area contributed by atoms with Gasteiger partial charge in [-0.3, -0.25) is 4.79 Å². The van der Waals surface area contributed by atoms with Crippen LogP contribution in [0.5, 0.6) is 0 Å². The number of nitrogens with one attached hydrogen (secondary N) is 1. The van der Waals surface area contributed by atoms with Crippen molar-refractivity contribution in [1.82, 2.24) is 5.32 Å². The molecular formula is C16H23NO3S. The quantitative estimate of drug-likeness (QED) is 0.688. The van der Waals surface area contributed by atoms with Gasteiger partial charge in [0.05, 0.1) is 5.56 Å². The minimum Gasteiger partial charge on any atom is -0.478 e. The standard InChI is InChI=1S/C16H23NO3S/c1-3-21-11-10-12(2)17-15(18)9-6-13-4-7-14(8-5-13)16(19)20/h4-5,7-8,12H,3,6,9-11H2,1-2H3,(H,17,18)(H,19,20). The summed E-state index contributed by atoms with van der Waals surface area (Å²) < 4.78 is 0. The fourth-order valence-electron chi connectivity index (χ4n) is 1.90. The molecule has 0 fully saturated rings. The molecule has 0 aromatic heterocycles. The number of carbonyl (C=O) groups excluding carboxylic acids is 1. The summed E-state index contributed by atoms with van der Waals surface area (Å²) in [5.74, 6) is 1.28. The highest BCUT2D eigenvalue weighted by atomic mass is 32.2. The van der Waals surface area contributed by atoms with Crippen LogP contribution in [0, 0.1) is 0 Å². The van der Waals surface area contributed by atoms with Gasteiger partial charge >= 0.3 is 5.97 Å². The van der Waals surface area contributed by atoms with Crippen molar-refractivity contribution in [1.29, 1.82) is 0 Å². The predicted octanol–water partition coefficient (Wildman–Crippen LogP) is 2.97. The number of aromatic carboxylic acids is 1. The molecule has 4 nitrogen and oxygen atoms in total. The Bertz CT molecular complexity index is 459. The first-order valence-corrected chi connectivity index (χ1v) is 8.37. The molecule has 0 spiro atoms. The molecule has 0 heterocycles. The average molecular weight is 309 g/mol. The Hall–Kier alpha value is -1.49. The van der Waals surface area contributed by atoms with Gasteiger partial charge in [0.25, 0.3) is 0 Å². The molecule has 0 bridgehead atoms.